The van der Waals surface area contributed by atoms with Crippen molar-refractivity contribution < 1.29 is 23.1 Å². The molecular formula is C11H19NO5S. The van der Waals surface area contributed by atoms with E-state index in [1.807, 2.05) is 0 Å². The smallest absolute Gasteiger partial charge is 0.404 e. The molecule has 18 heavy (non-hydrogen) atoms. The largest absolute Gasteiger partial charge is 0.465 e. The Bertz CT molecular complexity index is 429. The van der Waals surface area contributed by atoms with Gasteiger partial charge in [0.05, 0.1) is 11.0 Å². The van der Waals surface area contributed by atoms with E-state index >= 15 is 0 Å². The van der Waals surface area contributed by atoms with Gasteiger partial charge in [-0.1, -0.05) is 0 Å². The molecule has 1 aliphatic carbocycles. The van der Waals surface area contributed by atoms with Crippen molar-refractivity contribution in [2.75, 3.05) is 5.75 Å². The zero-order valence-corrected chi connectivity index (χ0v) is 11.4. The molecule has 0 radical (unpaired) electrons. The molecular weight excluding hydrogens is 258 g/mol. The summed E-state index contributed by atoms with van der Waals surface area (Å²) in [5.74, 6) is -0.585. The lowest BCUT2D eigenvalue weighted by Gasteiger charge is -2.30. The average molecular weight is 277 g/mol. The maximum absolute atomic E-state index is 11.9. The van der Waals surface area contributed by atoms with Crippen LogP contribution in [0.3, 0.4) is 0 Å². The Hall–Kier alpha value is -1.11. The number of sulfone groups is 1. The van der Waals surface area contributed by atoms with E-state index in [0.717, 1.165) is 0 Å². The second-order valence-corrected chi connectivity index (χ2v) is 7.58. The van der Waals surface area contributed by atoms with E-state index in [4.69, 9.17) is 5.11 Å². The first kappa shape index (κ1) is 14.9. The number of hydrogen-bond donors (Lipinski definition) is 2. The van der Waals surface area contributed by atoms with E-state index in [2.05, 4.69) is 5.32 Å². The van der Waals surface area contributed by atoms with Gasteiger partial charge in [-0.05, 0) is 20.3 Å². The highest BCUT2D eigenvalue weighted by Crippen LogP contribution is 2.24. The topological polar surface area (TPSA) is 101 Å². The third kappa shape index (κ3) is 3.97. The first-order valence-electron chi connectivity index (χ1n) is 5.95. The summed E-state index contributed by atoms with van der Waals surface area (Å²) >= 11 is 0. The molecule has 7 heteroatoms. The van der Waals surface area contributed by atoms with Gasteiger partial charge in [0.25, 0.3) is 0 Å². The maximum Gasteiger partial charge on any atom is 0.404 e. The Labute approximate surface area is 107 Å². The minimum Gasteiger partial charge on any atom is -0.465 e. The first-order valence-corrected chi connectivity index (χ1v) is 7.66. The van der Waals surface area contributed by atoms with Crippen molar-refractivity contribution in [2.24, 2.45) is 5.92 Å². The van der Waals surface area contributed by atoms with E-state index in [9.17, 15) is 18.0 Å². The molecule has 0 unspecified atom stereocenters. The van der Waals surface area contributed by atoms with Crippen LogP contribution in [-0.2, 0) is 14.6 Å². The molecule has 6 nitrogen and oxygen atoms in total. The van der Waals surface area contributed by atoms with Gasteiger partial charge in [0.1, 0.15) is 5.78 Å². The predicted octanol–water partition coefficient (Wildman–Crippen LogP) is 0.815. The molecule has 0 aromatic carbocycles. The Kier molecular flexibility index (Phi) is 4.72. The molecule has 104 valence electrons. The van der Waals surface area contributed by atoms with Gasteiger partial charge in [-0.15, -0.1) is 0 Å². The summed E-state index contributed by atoms with van der Waals surface area (Å²) in [6.45, 7) is 3.17. The highest BCUT2D eigenvalue weighted by molar-refractivity contribution is 7.91. The lowest BCUT2D eigenvalue weighted by molar-refractivity contribution is -0.121. The number of carboxylic acid groups (broad SMARTS) is 1. The van der Waals surface area contributed by atoms with Gasteiger partial charge in [-0.3, -0.25) is 4.79 Å². The van der Waals surface area contributed by atoms with Crippen molar-refractivity contribution in [2.45, 2.75) is 44.4 Å². The predicted molar refractivity (Wildman–Crippen MR) is 66.2 cm³/mol. The van der Waals surface area contributed by atoms with Gasteiger partial charge in [0.2, 0.25) is 0 Å². The Morgan fingerprint density at radius 2 is 2.11 bits per heavy atom. The molecule has 1 aliphatic rings. The number of carbonyl (C=O) groups is 2. The van der Waals surface area contributed by atoms with Crippen LogP contribution in [-0.4, -0.2) is 42.4 Å². The van der Waals surface area contributed by atoms with E-state index < -0.39 is 33.1 Å². The minimum absolute atomic E-state index is 0.00222. The summed E-state index contributed by atoms with van der Waals surface area (Å²) in [6.07, 6.45) is -0.356. The Morgan fingerprint density at radius 3 is 2.61 bits per heavy atom. The van der Waals surface area contributed by atoms with Crippen LogP contribution >= 0.6 is 0 Å². The molecule has 1 fully saturated rings. The number of Topliss-reactive ketones (excluding diaryl/α,β-unsaturated/α-hetero) is 1. The molecule has 0 aromatic rings. The van der Waals surface area contributed by atoms with Crippen LogP contribution in [0, 0.1) is 5.92 Å². The molecule has 2 atom stereocenters. The maximum atomic E-state index is 11.9. The Morgan fingerprint density at radius 1 is 1.50 bits per heavy atom. The summed E-state index contributed by atoms with van der Waals surface area (Å²) in [6, 6.07) is -0.450. The fraction of sp³-hybridized carbons (Fsp3) is 0.818. The van der Waals surface area contributed by atoms with Gasteiger partial charge in [0, 0.05) is 24.8 Å². The van der Waals surface area contributed by atoms with Crippen LogP contribution < -0.4 is 5.32 Å². The molecule has 0 aliphatic heterocycles. The Balaban J connectivity index is 2.79. The third-order valence-electron chi connectivity index (χ3n) is 3.27. The van der Waals surface area contributed by atoms with Crippen molar-refractivity contribution >= 4 is 21.7 Å². The van der Waals surface area contributed by atoms with E-state index in [1.54, 1.807) is 13.8 Å². The SMILES string of the molecule is CC(C)S(=O)(=O)C[C@H]1CC(=O)CC[C@@H]1NC(=O)O. The van der Waals surface area contributed by atoms with Gasteiger partial charge >= 0.3 is 6.09 Å². The van der Waals surface area contributed by atoms with Crippen LogP contribution in [0.5, 0.6) is 0 Å². The molecule has 0 aromatic heterocycles. The normalized spacial score (nSPS) is 25.2. The minimum atomic E-state index is -3.28. The van der Waals surface area contributed by atoms with Crippen LogP contribution in [0.4, 0.5) is 4.79 Å². The zero-order chi connectivity index (χ0) is 13.9. The van der Waals surface area contributed by atoms with Crippen molar-refractivity contribution in [1.29, 1.82) is 0 Å². The van der Waals surface area contributed by atoms with Gasteiger partial charge in [-0.2, -0.15) is 0 Å². The summed E-state index contributed by atoms with van der Waals surface area (Å²) in [5.41, 5.74) is 0. The van der Waals surface area contributed by atoms with Crippen molar-refractivity contribution in [3.05, 3.63) is 0 Å². The molecule has 1 saturated carbocycles. The van der Waals surface area contributed by atoms with Crippen LogP contribution in [0.15, 0.2) is 0 Å². The molecule has 1 amide bonds. The highest BCUT2D eigenvalue weighted by Gasteiger charge is 2.34. The van der Waals surface area contributed by atoms with Gasteiger partial charge in [-0.25, -0.2) is 13.2 Å². The molecule has 2 N–H and O–H groups in total. The van der Waals surface area contributed by atoms with Gasteiger partial charge in [0.15, 0.2) is 9.84 Å². The van der Waals surface area contributed by atoms with Crippen LogP contribution in [0.25, 0.3) is 0 Å². The monoisotopic (exact) mass is 277 g/mol. The number of carbonyl (C=O) groups excluding carboxylic acids is 1. The molecule has 0 saturated heterocycles. The molecule has 0 heterocycles. The highest BCUT2D eigenvalue weighted by atomic mass is 32.2. The quantitative estimate of drug-likeness (QED) is 0.792. The van der Waals surface area contributed by atoms with Crippen molar-refractivity contribution in [1.82, 2.24) is 5.32 Å². The summed E-state index contributed by atoms with van der Waals surface area (Å²) in [7, 11) is -3.28. The molecule has 0 bridgehead atoms. The standard InChI is InChI=1S/C11H19NO5S/c1-7(2)18(16,17)6-8-5-9(13)3-4-10(8)12-11(14)15/h7-8,10,12H,3-6H2,1-2H3,(H,14,15)/t8-,10+/m1/s1. The number of nitrogens with one attached hydrogen (secondary N) is 1. The summed E-state index contributed by atoms with van der Waals surface area (Å²) in [5, 5.41) is 10.5. The lowest BCUT2D eigenvalue weighted by atomic mass is 9.85. The van der Waals surface area contributed by atoms with E-state index in [1.165, 1.54) is 0 Å². The number of amides is 1. The number of ketones is 1. The fourth-order valence-electron chi connectivity index (χ4n) is 2.10. The fourth-order valence-corrected chi connectivity index (χ4v) is 3.44. The van der Waals surface area contributed by atoms with Crippen molar-refractivity contribution in [3.8, 4) is 0 Å². The molecule has 0 spiro atoms. The van der Waals surface area contributed by atoms with E-state index in [0.29, 0.717) is 12.8 Å². The van der Waals surface area contributed by atoms with Crippen LogP contribution in [0.1, 0.15) is 33.1 Å². The van der Waals surface area contributed by atoms with Crippen molar-refractivity contribution in [3.63, 3.8) is 0 Å². The summed E-state index contributed by atoms with van der Waals surface area (Å²) < 4.78 is 23.7. The number of rotatable bonds is 4. The van der Waals surface area contributed by atoms with E-state index in [-0.39, 0.29) is 18.0 Å². The second-order valence-electron chi connectivity index (χ2n) is 4.98. The second kappa shape index (κ2) is 5.69. The van der Waals surface area contributed by atoms with Gasteiger partial charge < -0.3 is 10.4 Å². The number of hydrogen-bond acceptors (Lipinski definition) is 4. The van der Waals surface area contributed by atoms with Crippen LogP contribution in [0.2, 0.25) is 0 Å². The third-order valence-corrected chi connectivity index (χ3v) is 5.60. The molecule has 1 rings (SSSR count). The first-order chi connectivity index (χ1) is 8.22. The lowest BCUT2D eigenvalue weighted by Crippen LogP contribution is -2.46. The summed E-state index contributed by atoms with van der Waals surface area (Å²) in [4.78, 5) is 22.0. The zero-order valence-electron chi connectivity index (χ0n) is 10.5. The average Bonchev–Trinajstić information content (AvgIpc) is 2.21.